The van der Waals surface area contributed by atoms with Gasteiger partial charge in [-0.25, -0.2) is 0 Å². The first kappa shape index (κ1) is 19.3. The predicted octanol–water partition coefficient (Wildman–Crippen LogP) is 4.26. The van der Waals surface area contributed by atoms with Crippen LogP contribution < -0.4 is 15.4 Å². The van der Waals surface area contributed by atoms with Crippen LogP contribution in [0.4, 0.5) is 5.69 Å². The molecule has 30 heavy (non-hydrogen) atoms. The van der Waals surface area contributed by atoms with Crippen molar-refractivity contribution in [3.63, 3.8) is 0 Å². The van der Waals surface area contributed by atoms with Crippen LogP contribution >= 0.6 is 0 Å². The zero-order valence-electron chi connectivity index (χ0n) is 16.2. The van der Waals surface area contributed by atoms with Crippen molar-refractivity contribution < 1.29 is 14.3 Å². The number of fused-ring (bicyclic) bond motifs is 1. The lowest BCUT2D eigenvalue weighted by molar-refractivity contribution is -0.123. The second-order valence-corrected chi connectivity index (χ2v) is 6.80. The van der Waals surface area contributed by atoms with Gasteiger partial charge in [0, 0.05) is 22.8 Å². The molecule has 0 unspecified atom stereocenters. The van der Waals surface area contributed by atoms with Crippen LogP contribution in [-0.4, -0.2) is 23.3 Å². The Balaban J connectivity index is 1.25. The highest BCUT2D eigenvalue weighted by molar-refractivity contribution is 5.95. The molecule has 0 saturated heterocycles. The highest BCUT2D eigenvalue weighted by Crippen LogP contribution is 2.22. The zero-order chi connectivity index (χ0) is 20.8. The van der Waals surface area contributed by atoms with Crippen molar-refractivity contribution in [2.45, 2.75) is 6.42 Å². The number of aromatic amines is 1. The number of aromatic nitrogens is 1. The van der Waals surface area contributed by atoms with E-state index in [1.54, 1.807) is 24.3 Å². The summed E-state index contributed by atoms with van der Waals surface area (Å²) in [6, 6.07) is 24.3. The molecule has 0 aliphatic carbocycles. The van der Waals surface area contributed by atoms with Gasteiger partial charge < -0.3 is 20.4 Å². The Morgan fingerprint density at radius 2 is 1.50 bits per heavy atom. The molecule has 0 bridgehead atoms. The van der Waals surface area contributed by atoms with Crippen molar-refractivity contribution >= 4 is 28.4 Å². The summed E-state index contributed by atoms with van der Waals surface area (Å²) in [5.41, 5.74) is 2.52. The van der Waals surface area contributed by atoms with E-state index < -0.39 is 0 Å². The highest BCUT2D eigenvalue weighted by atomic mass is 16.5. The van der Waals surface area contributed by atoms with E-state index >= 15 is 0 Å². The van der Waals surface area contributed by atoms with Gasteiger partial charge in [0.2, 0.25) is 11.8 Å². The molecule has 1 heterocycles. The maximum Gasteiger partial charge on any atom is 0.243 e. The fourth-order valence-corrected chi connectivity index (χ4v) is 3.13. The third kappa shape index (κ3) is 4.86. The van der Waals surface area contributed by atoms with Crippen LogP contribution in [0, 0.1) is 0 Å². The number of ether oxygens (including phenoxy) is 1. The molecule has 0 fully saturated rings. The number of carbonyl (C=O) groups is 2. The number of H-pyrrole nitrogens is 1. The Morgan fingerprint density at radius 1 is 0.800 bits per heavy atom. The van der Waals surface area contributed by atoms with E-state index in [2.05, 4.69) is 15.6 Å². The molecule has 6 heteroatoms. The quantitative estimate of drug-likeness (QED) is 0.434. The van der Waals surface area contributed by atoms with Gasteiger partial charge in [-0.3, -0.25) is 9.59 Å². The smallest absolute Gasteiger partial charge is 0.243 e. The summed E-state index contributed by atoms with van der Waals surface area (Å²) in [6.07, 6.45) is 2.03. The maximum atomic E-state index is 12.2. The molecule has 1 aromatic heterocycles. The third-order valence-corrected chi connectivity index (χ3v) is 4.59. The maximum absolute atomic E-state index is 12.2. The van der Waals surface area contributed by atoms with Crippen molar-refractivity contribution in [2.24, 2.45) is 0 Å². The lowest BCUT2D eigenvalue weighted by atomic mass is 10.1. The van der Waals surface area contributed by atoms with Crippen LogP contribution in [0.3, 0.4) is 0 Å². The van der Waals surface area contributed by atoms with E-state index in [1.165, 1.54) is 0 Å². The molecule has 4 rings (SSSR count). The van der Waals surface area contributed by atoms with Crippen molar-refractivity contribution in [1.82, 2.24) is 10.3 Å². The molecule has 4 aromatic rings. The van der Waals surface area contributed by atoms with Gasteiger partial charge in [-0.05, 0) is 48.0 Å². The Morgan fingerprint density at radius 3 is 2.30 bits per heavy atom. The Labute approximate surface area is 173 Å². The summed E-state index contributed by atoms with van der Waals surface area (Å²) >= 11 is 0. The topological polar surface area (TPSA) is 83.2 Å². The minimum absolute atomic E-state index is 0.0938. The average molecular weight is 399 g/mol. The van der Waals surface area contributed by atoms with E-state index in [1.807, 2.05) is 60.8 Å². The minimum atomic E-state index is -0.293. The number of nitrogens with one attached hydrogen (secondary N) is 3. The number of para-hydroxylation sites is 2. The minimum Gasteiger partial charge on any atom is -0.457 e. The Kier molecular flexibility index (Phi) is 5.75. The fourth-order valence-electron chi connectivity index (χ4n) is 3.13. The summed E-state index contributed by atoms with van der Waals surface area (Å²) < 4.78 is 5.73. The van der Waals surface area contributed by atoms with Gasteiger partial charge in [0.15, 0.2) is 0 Å². The first-order chi connectivity index (χ1) is 14.7. The molecule has 2 amide bonds. The van der Waals surface area contributed by atoms with Crippen molar-refractivity contribution in [1.29, 1.82) is 0 Å². The summed E-state index contributed by atoms with van der Waals surface area (Å²) in [4.78, 5) is 27.5. The van der Waals surface area contributed by atoms with Crippen LogP contribution in [0.25, 0.3) is 10.9 Å². The fraction of sp³-hybridized carbons (Fsp3) is 0.0833. The van der Waals surface area contributed by atoms with E-state index in [-0.39, 0.29) is 24.8 Å². The van der Waals surface area contributed by atoms with E-state index in [4.69, 9.17) is 4.74 Å². The average Bonchev–Trinajstić information content (AvgIpc) is 3.17. The number of hydrogen-bond acceptors (Lipinski definition) is 3. The summed E-state index contributed by atoms with van der Waals surface area (Å²) in [5.74, 6) is 0.916. The van der Waals surface area contributed by atoms with E-state index in [0.29, 0.717) is 11.4 Å². The van der Waals surface area contributed by atoms with Gasteiger partial charge >= 0.3 is 0 Å². The lowest BCUT2D eigenvalue weighted by Gasteiger charge is -2.09. The van der Waals surface area contributed by atoms with Gasteiger partial charge in [0.25, 0.3) is 0 Å². The van der Waals surface area contributed by atoms with Gasteiger partial charge in [-0.1, -0.05) is 36.4 Å². The third-order valence-electron chi connectivity index (χ3n) is 4.59. The molecule has 0 saturated carbocycles. The predicted molar refractivity (Wildman–Crippen MR) is 117 cm³/mol. The molecule has 6 nitrogen and oxygen atoms in total. The van der Waals surface area contributed by atoms with Gasteiger partial charge in [0.1, 0.15) is 11.5 Å². The number of carbonyl (C=O) groups excluding carboxylic acids is 2. The molecule has 0 spiro atoms. The zero-order valence-corrected chi connectivity index (χ0v) is 16.2. The molecule has 3 N–H and O–H groups in total. The second kappa shape index (κ2) is 8.96. The van der Waals surface area contributed by atoms with Gasteiger partial charge in [-0.15, -0.1) is 0 Å². The summed E-state index contributed by atoms with van der Waals surface area (Å²) in [6.45, 7) is -0.0938. The number of amides is 2. The van der Waals surface area contributed by atoms with Crippen LogP contribution in [0.15, 0.2) is 85.1 Å². The molecule has 0 aliphatic heterocycles. The largest absolute Gasteiger partial charge is 0.457 e. The van der Waals surface area contributed by atoms with Crippen LogP contribution in [-0.2, 0) is 16.0 Å². The first-order valence-electron chi connectivity index (χ1n) is 9.62. The second-order valence-electron chi connectivity index (χ2n) is 6.80. The van der Waals surface area contributed by atoms with Crippen molar-refractivity contribution in [2.75, 3.05) is 11.9 Å². The van der Waals surface area contributed by atoms with Crippen LogP contribution in [0.2, 0.25) is 0 Å². The van der Waals surface area contributed by atoms with Crippen molar-refractivity contribution in [3.05, 3.63) is 90.6 Å². The van der Waals surface area contributed by atoms with E-state index in [9.17, 15) is 9.59 Å². The van der Waals surface area contributed by atoms with Crippen LogP contribution in [0.1, 0.15) is 5.56 Å². The lowest BCUT2D eigenvalue weighted by Crippen LogP contribution is -2.33. The van der Waals surface area contributed by atoms with Crippen molar-refractivity contribution in [3.8, 4) is 11.5 Å². The van der Waals surface area contributed by atoms with Gasteiger partial charge in [-0.2, -0.15) is 0 Å². The summed E-state index contributed by atoms with van der Waals surface area (Å²) in [5, 5.41) is 6.43. The van der Waals surface area contributed by atoms with E-state index in [0.717, 1.165) is 22.2 Å². The number of rotatable bonds is 7. The number of hydrogen-bond donors (Lipinski definition) is 3. The Bertz CT molecular complexity index is 1150. The molecular weight excluding hydrogens is 378 g/mol. The molecule has 150 valence electrons. The summed E-state index contributed by atoms with van der Waals surface area (Å²) in [7, 11) is 0. The SMILES string of the molecule is O=C(Cc1c[nH]c2ccccc12)NCC(=O)Nc1ccc(Oc2ccccc2)cc1. The molecule has 3 aromatic carbocycles. The number of anilines is 1. The van der Waals surface area contributed by atoms with Gasteiger partial charge in [0.05, 0.1) is 13.0 Å². The number of benzene rings is 3. The first-order valence-corrected chi connectivity index (χ1v) is 9.62. The normalized spacial score (nSPS) is 10.5. The molecular formula is C24H21N3O3. The monoisotopic (exact) mass is 399 g/mol. The highest BCUT2D eigenvalue weighted by Gasteiger charge is 2.10. The molecule has 0 aliphatic rings. The molecule has 0 atom stereocenters. The molecule has 0 radical (unpaired) electrons. The standard InChI is InChI=1S/C24H21N3O3/c28-23(14-17-15-25-22-9-5-4-8-21(17)22)26-16-24(29)27-18-10-12-20(13-11-18)30-19-6-2-1-3-7-19/h1-13,15,25H,14,16H2,(H,26,28)(H,27,29). The Hall–Kier alpha value is -4.06. The van der Waals surface area contributed by atoms with Crippen LogP contribution in [0.5, 0.6) is 11.5 Å².